The number of halogens is 1. The van der Waals surface area contributed by atoms with E-state index in [9.17, 15) is 4.39 Å². The summed E-state index contributed by atoms with van der Waals surface area (Å²) in [5.74, 6) is -0.183. The van der Waals surface area contributed by atoms with Gasteiger partial charge in [0.05, 0.1) is 12.7 Å². The fourth-order valence-electron chi connectivity index (χ4n) is 0.860. The molecule has 0 saturated carbocycles. The number of aryl methyl sites for hydroxylation is 1. The largest absolute Gasteiger partial charge is 0.480 e. The Morgan fingerprint density at radius 3 is 2.73 bits per heavy atom. The van der Waals surface area contributed by atoms with Gasteiger partial charge in [-0.2, -0.15) is 4.39 Å². The van der Waals surface area contributed by atoms with Crippen molar-refractivity contribution in [2.75, 3.05) is 7.11 Å². The van der Waals surface area contributed by atoms with E-state index in [2.05, 4.69) is 5.10 Å². The third kappa shape index (κ3) is 1.19. The zero-order valence-corrected chi connectivity index (χ0v) is 6.47. The van der Waals surface area contributed by atoms with E-state index in [1.54, 1.807) is 0 Å². The first-order valence-corrected chi connectivity index (χ1v) is 3.16. The molecule has 2 N–H and O–H groups in total. The zero-order chi connectivity index (χ0) is 8.43. The Hall–Kier alpha value is -1.10. The Bertz CT molecular complexity index is 259. The molecular formula is C6H10FN3O. The number of hydrogen-bond donors (Lipinski definition) is 1. The molecule has 1 rings (SSSR count). The van der Waals surface area contributed by atoms with Crippen LogP contribution in [0, 0.1) is 5.95 Å². The summed E-state index contributed by atoms with van der Waals surface area (Å²) >= 11 is 0. The number of hydrogen-bond acceptors (Lipinski definition) is 3. The van der Waals surface area contributed by atoms with Gasteiger partial charge in [-0.15, -0.1) is 5.10 Å². The molecule has 0 aliphatic rings. The molecule has 0 fully saturated rings. The van der Waals surface area contributed by atoms with Crippen LogP contribution in [0.3, 0.4) is 0 Å². The molecule has 4 nitrogen and oxygen atoms in total. The van der Waals surface area contributed by atoms with Gasteiger partial charge in [-0.1, -0.05) is 0 Å². The molecule has 0 bridgehead atoms. The molecule has 1 aromatic heterocycles. The van der Waals surface area contributed by atoms with Crippen molar-refractivity contribution < 1.29 is 9.13 Å². The van der Waals surface area contributed by atoms with Crippen LogP contribution in [-0.4, -0.2) is 16.9 Å². The Morgan fingerprint density at radius 1 is 1.73 bits per heavy atom. The Kier molecular flexibility index (Phi) is 2.09. The van der Waals surface area contributed by atoms with Crippen LogP contribution in [0.5, 0.6) is 5.88 Å². The lowest BCUT2D eigenvalue weighted by Gasteiger charge is -1.94. The van der Waals surface area contributed by atoms with Gasteiger partial charge in [-0.25, -0.2) is 4.68 Å². The molecule has 11 heavy (non-hydrogen) atoms. The van der Waals surface area contributed by atoms with Crippen molar-refractivity contribution in [3.8, 4) is 5.88 Å². The Labute approximate surface area is 63.8 Å². The number of nitrogens with two attached hydrogens (primary N) is 1. The minimum Gasteiger partial charge on any atom is -0.480 e. The molecule has 0 aliphatic heterocycles. The molecule has 0 radical (unpaired) electrons. The zero-order valence-electron chi connectivity index (χ0n) is 6.47. The normalized spacial score (nSPS) is 10.2. The first-order chi connectivity index (χ1) is 5.20. The lowest BCUT2D eigenvalue weighted by Crippen LogP contribution is -2.01. The van der Waals surface area contributed by atoms with E-state index in [-0.39, 0.29) is 12.4 Å². The van der Waals surface area contributed by atoms with Crippen LogP contribution >= 0.6 is 0 Å². The second-order valence-electron chi connectivity index (χ2n) is 2.11. The third-order valence-corrected chi connectivity index (χ3v) is 1.43. The van der Waals surface area contributed by atoms with Gasteiger partial charge in [-0.05, 0) is 0 Å². The van der Waals surface area contributed by atoms with Crippen LogP contribution in [0.1, 0.15) is 5.56 Å². The SMILES string of the molecule is COc1nn(C)c(F)c1CN. The second-order valence-corrected chi connectivity index (χ2v) is 2.11. The molecule has 5 heteroatoms. The van der Waals surface area contributed by atoms with E-state index in [1.165, 1.54) is 14.2 Å². The van der Waals surface area contributed by atoms with E-state index in [0.29, 0.717) is 5.56 Å². The van der Waals surface area contributed by atoms with E-state index in [1.807, 2.05) is 0 Å². The standard InChI is InChI=1S/C6H10FN3O/c1-10-5(7)4(3-8)6(9-10)11-2/h3,8H2,1-2H3. The van der Waals surface area contributed by atoms with Crippen LogP contribution in [-0.2, 0) is 13.6 Å². The second kappa shape index (κ2) is 2.87. The van der Waals surface area contributed by atoms with Gasteiger partial charge in [-0.3, -0.25) is 0 Å². The highest BCUT2D eigenvalue weighted by atomic mass is 19.1. The molecule has 0 amide bonds. The predicted octanol–water partition coefficient (Wildman–Crippen LogP) is 0.0265. The highest BCUT2D eigenvalue weighted by molar-refractivity contribution is 5.24. The van der Waals surface area contributed by atoms with Crippen LogP contribution in [0.15, 0.2) is 0 Å². The van der Waals surface area contributed by atoms with Crippen molar-refractivity contribution in [3.05, 3.63) is 11.5 Å². The molecule has 0 aliphatic carbocycles. The monoisotopic (exact) mass is 159 g/mol. The van der Waals surface area contributed by atoms with Crippen LogP contribution in [0.4, 0.5) is 4.39 Å². The van der Waals surface area contributed by atoms with Gasteiger partial charge in [0, 0.05) is 13.6 Å². The first-order valence-electron chi connectivity index (χ1n) is 3.16. The third-order valence-electron chi connectivity index (χ3n) is 1.43. The van der Waals surface area contributed by atoms with Crippen LogP contribution < -0.4 is 10.5 Å². The number of rotatable bonds is 2. The van der Waals surface area contributed by atoms with Crippen molar-refractivity contribution in [2.45, 2.75) is 6.54 Å². The van der Waals surface area contributed by atoms with Crippen molar-refractivity contribution in [1.82, 2.24) is 9.78 Å². The summed E-state index contributed by atoms with van der Waals surface area (Å²) in [5.41, 5.74) is 5.58. The van der Waals surface area contributed by atoms with Crippen LogP contribution in [0.25, 0.3) is 0 Å². The highest BCUT2D eigenvalue weighted by Crippen LogP contribution is 2.17. The van der Waals surface area contributed by atoms with Crippen molar-refractivity contribution in [2.24, 2.45) is 12.8 Å². The highest BCUT2D eigenvalue weighted by Gasteiger charge is 2.14. The molecule has 0 atom stereocenters. The smallest absolute Gasteiger partial charge is 0.240 e. The van der Waals surface area contributed by atoms with Gasteiger partial charge in [0.1, 0.15) is 0 Å². The van der Waals surface area contributed by atoms with Crippen LogP contribution in [0.2, 0.25) is 0 Å². The van der Waals surface area contributed by atoms with Gasteiger partial charge >= 0.3 is 0 Å². The first kappa shape index (κ1) is 8.00. The molecule has 1 heterocycles. The summed E-state index contributed by atoms with van der Waals surface area (Å²) in [7, 11) is 2.93. The molecule has 0 unspecified atom stereocenters. The lowest BCUT2D eigenvalue weighted by molar-refractivity contribution is 0.387. The van der Waals surface area contributed by atoms with Gasteiger partial charge in [0.25, 0.3) is 0 Å². The summed E-state index contributed by atoms with van der Waals surface area (Å²) in [6.07, 6.45) is 0. The van der Waals surface area contributed by atoms with E-state index in [4.69, 9.17) is 10.5 Å². The Balaban J connectivity index is 3.15. The number of ether oxygens (including phenoxy) is 1. The summed E-state index contributed by atoms with van der Waals surface area (Å²) in [4.78, 5) is 0. The van der Waals surface area contributed by atoms with E-state index in [0.717, 1.165) is 4.68 Å². The predicted molar refractivity (Wildman–Crippen MR) is 37.6 cm³/mol. The molecule has 0 spiro atoms. The van der Waals surface area contributed by atoms with Crippen molar-refractivity contribution in [1.29, 1.82) is 0 Å². The fourth-order valence-corrected chi connectivity index (χ4v) is 0.860. The lowest BCUT2D eigenvalue weighted by atomic mass is 10.3. The van der Waals surface area contributed by atoms with E-state index >= 15 is 0 Å². The number of methoxy groups -OCH3 is 1. The fraction of sp³-hybridized carbons (Fsp3) is 0.500. The average Bonchev–Trinajstić information content (AvgIpc) is 2.28. The summed E-state index contributed by atoms with van der Waals surface area (Å²) in [5, 5.41) is 3.74. The van der Waals surface area contributed by atoms with Crippen molar-refractivity contribution in [3.63, 3.8) is 0 Å². The van der Waals surface area contributed by atoms with Gasteiger partial charge < -0.3 is 10.5 Å². The quantitative estimate of drug-likeness (QED) is 0.662. The van der Waals surface area contributed by atoms with Gasteiger partial charge in [0.2, 0.25) is 11.8 Å². The summed E-state index contributed by atoms with van der Waals surface area (Å²) in [6.45, 7) is 0.100. The van der Waals surface area contributed by atoms with Crippen molar-refractivity contribution >= 4 is 0 Å². The maximum Gasteiger partial charge on any atom is 0.240 e. The topological polar surface area (TPSA) is 53.1 Å². The minimum absolute atomic E-state index is 0.100. The molecule has 0 saturated heterocycles. The minimum atomic E-state index is -0.440. The molecule has 0 aromatic carbocycles. The molecular weight excluding hydrogens is 149 g/mol. The maximum atomic E-state index is 12.9. The summed E-state index contributed by atoms with van der Waals surface area (Å²) < 4.78 is 18.8. The molecule has 62 valence electrons. The maximum absolute atomic E-state index is 12.9. The van der Waals surface area contributed by atoms with Gasteiger partial charge in [0.15, 0.2) is 0 Å². The number of aromatic nitrogens is 2. The molecule has 1 aromatic rings. The average molecular weight is 159 g/mol. The number of nitrogens with zero attached hydrogens (tertiary/aromatic N) is 2. The summed E-state index contributed by atoms with van der Waals surface area (Å²) in [6, 6.07) is 0. The van der Waals surface area contributed by atoms with E-state index < -0.39 is 5.95 Å². The Morgan fingerprint density at radius 2 is 2.36 bits per heavy atom.